The van der Waals surface area contributed by atoms with E-state index in [0.717, 1.165) is 10.0 Å². The monoisotopic (exact) mass is 235 g/mol. The van der Waals surface area contributed by atoms with Crippen molar-refractivity contribution in [2.45, 2.75) is 12.5 Å². The summed E-state index contributed by atoms with van der Waals surface area (Å²) in [5.41, 5.74) is 6.26. The van der Waals surface area contributed by atoms with Gasteiger partial charge in [-0.3, -0.25) is 0 Å². The summed E-state index contributed by atoms with van der Waals surface area (Å²) in [5.74, 6) is 0. The Labute approximate surface area is 78.2 Å². The number of halogens is 1. The Bertz CT molecular complexity index is 226. The molecule has 0 saturated heterocycles. The summed E-state index contributed by atoms with van der Waals surface area (Å²) < 4.78 is 0.975. The lowest BCUT2D eigenvalue weighted by Crippen LogP contribution is -2.06. The fraction of sp³-hybridized carbons (Fsp3) is 0.429. The van der Waals surface area contributed by atoms with Crippen LogP contribution in [0.1, 0.15) is 18.1 Å². The van der Waals surface area contributed by atoms with E-state index in [1.165, 1.54) is 0 Å². The van der Waals surface area contributed by atoms with Gasteiger partial charge in [-0.05, 0) is 34.3 Å². The molecule has 3 N–H and O–H groups in total. The van der Waals surface area contributed by atoms with E-state index in [9.17, 15) is 5.11 Å². The molecule has 2 nitrogen and oxygen atoms in total. The standard InChI is InChI=1S/C7H10BrNOS/c8-6-4-11-3-5(6)7(10)1-2-9/h3-4,7,10H,1-2,9H2. The second-order valence-corrected chi connectivity index (χ2v) is 3.87. The lowest BCUT2D eigenvalue weighted by atomic mass is 10.1. The molecule has 1 rings (SSSR count). The lowest BCUT2D eigenvalue weighted by Gasteiger charge is -2.06. The average Bonchev–Trinajstić information content (AvgIpc) is 2.36. The Balaban J connectivity index is 2.67. The van der Waals surface area contributed by atoms with Crippen molar-refractivity contribution in [3.63, 3.8) is 0 Å². The van der Waals surface area contributed by atoms with Gasteiger partial charge >= 0.3 is 0 Å². The van der Waals surface area contributed by atoms with E-state index in [2.05, 4.69) is 15.9 Å². The molecule has 4 heteroatoms. The number of hydrogen-bond acceptors (Lipinski definition) is 3. The minimum absolute atomic E-state index is 0.416. The summed E-state index contributed by atoms with van der Waals surface area (Å²) in [7, 11) is 0. The second-order valence-electron chi connectivity index (χ2n) is 2.27. The zero-order valence-electron chi connectivity index (χ0n) is 5.96. The van der Waals surface area contributed by atoms with Crippen LogP contribution in [0, 0.1) is 0 Å². The van der Waals surface area contributed by atoms with Crippen molar-refractivity contribution in [3.8, 4) is 0 Å². The van der Waals surface area contributed by atoms with Gasteiger partial charge in [0.15, 0.2) is 0 Å². The Kier molecular flexibility index (Phi) is 3.51. The minimum Gasteiger partial charge on any atom is -0.388 e. The summed E-state index contributed by atoms with van der Waals surface area (Å²) in [6, 6.07) is 0. The molecule has 1 aromatic heterocycles. The summed E-state index contributed by atoms with van der Waals surface area (Å²) in [6.45, 7) is 0.517. The molecule has 1 heterocycles. The van der Waals surface area contributed by atoms with Crippen LogP contribution in [0.2, 0.25) is 0 Å². The van der Waals surface area contributed by atoms with E-state index < -0.39 is 6.10 Å². The molecule has 0 spiro atoms. The van der Waals surface area contributed by atoms with Crippen LogP contribution in [0.25, 0.3) is 0 Å². The van der Waals surface area contributed by atoms with Gasteiger partial charge in [-0.15, -0.1) is 0 Å². The molecule has 0 bridgehead atoms. The fourth-order valence-electron chi connectivity index (χ4n) is 0.842. The first-order valence-electron chi connectivity index (χ1n) is 3.35. The van der Waals surface area contributed by atoms with Crippen LogP contribution in [0.4, 0.5) is 0 Å². The summed E-state index contributed by atoms with van der Waals surface area (Å²) in [6.07, 6.45) is 0.204. The summed E-state index contributed by atoms with van der Waals surface area (Å²) in [4.78, 5) is 0. The molecule has 1 atom stereocenters. The summed E-state index contributed by atoms with van der Waals surface area (Å²) >= 11 is 4.92. The SMILES string of the molecule is NCCC(O)c1cscc1Br. The zero-order chi connectivity index (χ0) is 8.27. The molecule has 11 heavy (non-hydrogen) atoms. The van der Waals surface area contributed by atoms with Gasteiger partial charge in [0.2, 0.25) is 0 Å². The molecule has 0 aliphatic carbocycles. The topological polar surface area (TPSA) is 46.2 Å². The third-order valence-electron chi connectivity index (χ3n) is 1.44. The molecular weight excluding hydrogens is 226 g/mol. The molecule has 0 amide bonds. The van der Waals surface area contributed by atoms with Gasteiger partial charge in [0.05, 0.1) is 6.10 Å². The van der Waals surface area contributed by atoms with Crippen LogP contribution in [0.5, 0.6) is 0 Å². The molecular formula is C7H10BrNOS. The molecule has 0 radical (unpaired) electrons. The highest BCUT2D eigenvalue weighted by atomic mass is 79.9. The molecule has 0 aliphatic heterocycles. The highest BCUT2D eigenvalue weighted by molar-refractivity contribution is 9.10. The van der Waals surface area contributed by atoms with Crippen LogP contribution >= 0.6 is 27.3 Å². The third-order valence-corrected chi connectivity index (χ3v) is 3.19. The smallest absolute Gasteiger partial charge is 0.0821 e. The van der Waals surface area contributed by atoms with Gasteiger partial charge in [-0.25, -0.2) is 0 Å². The van der Waals surface area contributed by atoms with E-state index in [0.29, 0.717) is 13.0 Å². The number of aliphatic hydroxyl groups excluding tert-OH is 1. The summed E-state index contributed by atoms with van der Waals surface area (Å²) in [5, 5.41) is 13.4. The van der Waals surface area contributed by atoms with E-state index in [-0.39, 0.29) is 0 Å². The highest BCUT2D eigenvalue weighted by Gasteiger charge is 2.10. The van der Waals surface area contributed by atoms with Gasteiger partial charge < -0.3 is 10.8 Å². The second kappa shape index (κ2) is 4.21. The third kappa shape index (κ3) is 2.27. The van der Waals surface area contributed by atoms with Crippen LogP contribution < -0.4 is 5.73 Å². The van der Waals surface area contributed by atoms with Crippen molar-refractivity contribution in [2.24, 2.45) is 5.73 Å². The van der Waals surface area contributed by atoms with Gasteiger partial charge in [0.1, 0.15) is 0 Å². The molecule has 0 fully saturated rings. The molecule has 0 aromatic carbocycles. The van der Waals surface area contributed by atoms with E-state index in [4.69, 9.17) is 5.73 Å². The Morgan fingerprint density at radius 1 is 1.64 bits per heavy atom. The maximum Gasteiger partial charge on any atom is 0.0821 e. The van der Waals surface area contributed by atoms with Crippen LogP contribution in [0.15, 0.2) is 15.2 Å². The van der Waals surface area contributed by atoms with Crippen molar-refractivity contribution in [1.29, 1.82) is 0 Å². The molecule has 1 aromatic rings. The predicted octanol–water partition coefficient (Wildman–Crippen LogP) is 1.89. The maximum absolute atomic E-state index is 9.49. The van der Waals surface area contributed by atoms with E-state index >= 15 is 0 Å². The number of hydrogen-bond donors (Lipinski definition) is 2. The van der Waals surface area contributed by atoms with Gasteiger partial charge in [-0.2, -0.15) is 11.3 Å². The van der Waals surface area contributed by atoms with Crippen molar-refractivity contribution in [3.05, 3.63) is 20.8 Å². The molecule has 0 saturated carbocycles. The number of rotatable bonds is 3. The lowest BCUT2D eigenvalue weighted by molar-refractivity contribution is 0.170. The predicted molar refractivity (Wildman–Crippen MR) is 50.7 cm³/mol. The zero-order valence-corrected chi connectivity index (χ0v) is 8.36. The Hall–Kier alpha value is 0.100. The van der Waals surface area contributed by atoms with Crippen molar-refractivity contribution in [2.75, 3.05) is 6.54 Å². The minimum atomic E-state index is -0.416. The van der Waals surface area contributed by atoms with E-state index in [1.54, 1.807) is 11.3 Å². The molecule has 1 unspecified atom stereocenters. The fourth-order valence-corrected chi connectivity index (χ4v) is 2.45. The van der Waals surface area contributed by atoms with Crippen LogP contribution in [0.3, 0.4) is 0 Å². The Morgan fingerprint density at radius 2 is 2.36 bits per heavy atom. The van der Waals surface area contributed by atoms with E-state index in [1.807, 2.05) is 10.8 Å². The Morgan fingerprint density at radius 3 is 2.82 bits per heavy atom. The van der Waals surface area contributed by atoms with Gasteiger partial charge in [0, 0.05) is 15.4 Å². The number of nitrogens with two attached hydrogens (primary N) is 1. The quantitative estimate of drug-likeness (QED) is 0.841. The first-order chi connectivity index (χ1) is 5.25. The normalized spacial score (nSPS) is 13.4. The molecule has 0 aliphatic rings. The van der Waals surface area contributed by atoms with Crippen molar-refractivity contribution in [1.82, 2.24) is 0 Å². The average molecular weight is 236 g/mol. The largest absolute Gasteiger partial charge is 0.388 e. The van der Waals surface area contributed by atoms with Crippen molar-refractivity contribution < 1.29 is 5.11 Å². The van der Waals surface area contributed by atoms with Crippen LogP contribution in [-0.2, 0) is 0 Å². The van der Waals surface area contributed by atoms with Crippen molar-refractivity contribution >= 4 is 27.3 Å². The first-order valence-corrected chi connectivity index (χ1v) is 5.09. The maximum atomic E-state index is 9.49. The molecule has 62 valence electrons. The van der Waals surface area contributed by atoms with Gasteiger partial charge in [0.25, 0.3) is 0 Å². The number of aliphatic hydroxyl groups is 1. The van der Waals surface area contributed by atoms with Gasteiger partial charge in [-0.1, -0.05) is 0 Å². The highest BCUT2D eigenvalue weighted by Crippen LogP contribution is 2.28. The number of thiophene rings is 1. The van der Waals surface area contributed by atoms with Crippen LogP contribution in [-0.4, -0.2) is 11.7 Å². The first kappa shape index (κ1) is 9.19.